The first-order valence-electron chi connectivity index (χ1n) is 14.2. The van der Waals surface area contributed by atoms with E-state index in [0.29, 0.717) is 6.42 Å². The van der Waals surface area contributed by atoms with Crippen molar-refractivity contribution in [3.05, 3.63) is 95.8 Å². The topological polar surface area (TPSA) is 86.8 Å². The zero-order valence-corrected chi connectivity index (χ0v) is 24.4. The number of rotatable bonds is 11. The number of halogens is 1. The molecule has 1 fully saturated rings. The lowest BCUT2D eigenvalue weighted by Crippen LogP contribution is -2.54. The van der Waals surface area contributed by atoms with Crippen LogP contribution in [0.25, 0.3) is 0 Å². The SMILES string of the molecule is CC[C@H](C(=O)NC1CCCCC1)N(Cc1ccccc1)C(=O)CN(c1ccccc1F)S(=O)(=O)c1ccc(C)cc1. The number of para-hydroxylation sites is 1. The molecule has 0 heterocycles. The first-order chi connectivity index (χ1) is 19.7. The quantitative estimate of drug-likeness (QED) is 0.321. The van der Waals surface area contributed by atoms with E-state index in [2.05, 4.69) is 5.32 Å². The molecule has 0 aliphatic heterocycles. The van der Waals surface area contributed by atoms with Gasteiger partial charge >= 0.3 is 0 Å². The highest BCUT2D eigenvalue weighted by Crippen LogP contribution is 2.27. The van der Waals surface area contributed by atoms with Gasteiger partial charge in [0.05, 0.1) is 10.6 Å². The van der Waals surface area contributed by atoms with E-state index in [1.165, 1.54) is 35.2 Å². The molecule has 4 rings (SSSR count). The molecule has 1 aliphatic carbocycles. The number of anilines is 1. The van der Waals surface area contributed by atoms with E-state index in [1.807, 2.05) is 44.2 Å². The number of carbonyl (C=O) groups is 2. The van der Waals surface area contributed by atoms with Gasteiger partial charge in [0.1, 0.15) is 18.4 Å². The first-order valence-corrected chi connectivity index (χ1v) is 15.6. The molecule has 1 saturated carbocycles. The summed E-state index contributed by atoms with van der Waals surface area (Å²) in [6.07, 6.45) is 5.35. The minimum Gasteiger partial charge on any atom is -0.352 e. The Balaban J connectivity index is 1.70. The van der Waals surface area contributed by atoms with E-state index >= 15 is 4.39 Å². The Bertz CT molecular complexity index is 1420. The second-order valence-corrected chi connectivity index (χ2v) is 12.4. The van der Waals surface area contributed by atoms with Crippen LogP contribution >= 0.6 is 0 Å². The van der Waals surface area contributed by atoms with Crippen LogP contribution in [-0.4, -0.2) is 43.8 Å². The Kier molecular flexibility index (Phi) is 10.2. The average Bonchev–Trinajstić information content (AvgIpc) is 2.97. The van der Waals surface area contributed by atoms with Crippen LogP contribution in [0.3, 0.4) is 0 Å². The molecule has 7 nitrogen and oxygen atoms in total. The summed E-state index contributed by atoms with van der Waals surface area (Å²) in [5.74, 6) is -1.63. The van der Waals surface area contributed by atoms with Gasteiger partial charge in [-0.2, -0.15) is 0 Å². The zero-order chi connectivity index (χ0) is 29.4. The number of nitrogens with one attached hydrogen (secondary N) is 1. The third-order valence-corrected chi connectivity index (χ3v) is 9.32. The number of hydrogen-bond donors (Lipinski definition) is 1. The maximum absolute atomic E-state index is 15.1. The van der Waals surface area contributed by atoms with Crippen molar-refractivity contribution in [1.29, 1.82) is 0 Å². The molecule has 0 bridgehead atoms. The molecule has 1 aliphatic rings. The second kappa shape index (κ2) is 13.8. The molecule has 0 saturated heterocycles. The van der Waals surface area contributed by atoms with Crippen LogP contribution < -0.4 is 9.62 Å². The van der Waals surface area contributed by atoms with E-state index < -0.39 is 34.3 Å². The number of sulfonamides is 1. The molecule has 218 valence electrons. The molecule has 1 atom stereocenters. The Morgan fingerprint density at radius 1 is 0.927 bits per heavy atom. The van der Waals surface area contributed by atoms with Gasteiger partial charge in [-0.1, -0.05) is 86.3 Å². The smallest absolute Gasteiger partial charge is 0.264 e. The Morgan fingerprint density at radius 2 is 1.56 bits per heavy atom. The molecule has 41 heavy (non-hydrogen) atoms. The Labute approximate surface area is 242 Å². The maximum atomic E-state index is 15.1. The van der Waals surface area contributed by atoms with Gasteiger partial charge in [-0.15, -0.1) is 0 Å². The molecule has 2 amide bonds. The minimum atomic E-state index is -4.32. The van der Waals surface area contributed by atoms with Crippen molar-refractivity contribution < 1.29 is 22.4 Å². The minimum absolute atomic E-state index is 0.0517. The van der Waals surface area contributed by atoms with Crippen LogP contribution in [0, 0.1) is 12.7 Å². The van der Waals surface area contributed by atoms with E-state index in [0.717, 1.165) is 53.6 Å². The van der Waals surface area contributed by atoms with Gasteiger partial charge in [-0.05, 0) is 56.0 Å². The Morgan fingerprint density at radius 3 is 2.20 bits per heavy atom. The number of benzene rings is 3. The normalized spacial score (nSPS) is 14.7. The van der Waals surface area contributed by atoms with E-state index in [1.54, 1.807) is 12.1 Å². The standard InChI is InChI=1S/C32H38FN3O4S/c1-3-29(32(38)34-26-14-8-5-9-15-26)35(22-25-12-6-4-7-13-25)31(37)23-36(30-17-11-10-16-28(30)33)41(39,40)27-20-18-24(2)19-21-27/h4,6-7,10-13,16-21,26,29H,3,5,8-9,14-15,22-23H2,1-2H3,(H,34,38)/t29-/m1/s1. The van der Waals surface area contributed by atoms with Gasteiger partial charge in [0, 0.05) is 12.6 Å². The lowest BCUT2D eigenvalue weighted by molar-refractivity contribution is -0.140. The molecule has 0 radical (unpaired) electrons. The molecule has 3 aromatic carbocycles. The molecular weight excluding hydrogens is 541 g/mol. The van der Waals surface area contributed by atoms with Gasteiger partial charge in [0.2, 0.25) is 11.8 Å². The third-order valence-electron chi connectivity index (χ3n) is 7.54. The molecule has 3 aromatic rings. The summed E-state index contributed by atoms with van der Waals surface area (Å²) in [5.41, 5.74) is 1.42. The van der Waals surface area contributed by atoms with Crippen LogP contribution in [0.5, 0.6) is 0 Å². The van der Waals surface area contributed by atoms with Crippen molar-refractivity contribution in [2.45, 2.75) is 75.9 Å². The number of amides is 2. The van der Waals surface area contributed by atoms with E-state index in [4.69, 9.17) is 0 Å². The zero-order valence-electron chi connectivity index (χ0n) is 23.6. The van der Waals surface area contributed by atoms with Gasteiger partial charge in [-0.25, -0.2) is 12.8 Å². The van der Waals surface area contributed by atoms with Crippen LogP contribution in [-0.2, 0) is 26.2 Å². The van der Waals surface area contributed by atoms with E-state index in [-0.39, 0.29) is 29.1 Å². The van der Waals surface area contributed by atoms with Crippen molar-refractivity contribution in [3.63, 3.8) is 0 Å². The largest absolute Gasteiger partial charge is 0.352 e. The number of carbonyl (C=O) groups excluding carboxylic acids is 2. The Hall–Kier alpha value is -3.72. The second-order valence-electron chi connectivity index (χ2n) is 10.6. The van der Waals surface area contributed by atoms with E-state index in [9.17, 15) is 18.0 Å². The maximum Gasteiger partial charge on any atom is 0.264 e. The number of aryl methyl sites for hydroxylation is 1. The lowest BCUT2D eigenvalue weighted by atomic mass is 9.95. The molecular formula is C32H38FN3O4S. The lowest BCUT2D eigenvalue weighted by Gasteiger charge is -2.34. The summed E-state index contributed by atoms with van der Waals surface area (Å²) in [6, 6.07) is 20.1. The highest BCUT2D eigenvalue weighted by molar-refractivity contribution is 7.92. The molecule has 1 N–H and O–H groups in total. The molecule has 0 aromatic heterocycles. The van der Waals surface area contributed by atoms with Crippen molar-refractivity contribution in [2.75, 3.05) is 10.8 Å². The monoisotopic (exact) mass is 579 g/mol. The highest BCUT2D eigenvalue weighted by Gasteiger charge is 2.35. The molecule has 0 spiro atoms. The fourth-order valence-corrected chi connectivity index (χ4v) is 6.67. The van der Waals surface area contributed by atoms with Crippen molar-refractivity contribution in [1.82, 2.24) is 10.2 Å². The molecule has 0 unspecified atom stereocenters. The number of hydrogen-bond acceptors (Lipinski definition) is 4. The average molecular weight is 580 g/mol. The highest BCUT2D eigenvalue weighted by atomic mass is 32.2. The van der Waals surface area contributed by atoms with Gasteiger partial charge in [-0.3, -0.25) is 13.9 Å². The van der Waals surface area contributed by atoms with Crippen LogP contribution in [0.15, 0.2) is 83.8 Å². The first kappa shape index (κ1) is 30.2. The van der Waals surface area contributed by atoms with Crippen molar-refractivity contribution in [2.24, 2.45) is 0 Å². The summed E-state index contributed by atoms with van der Waals surface area (Å²) in [7, 11) is -4.32. The summed E-state index contributed by atoms with van der Waals surface area (Å²) < 4.78 is 43.6. The summed E-state index contributed by atoms with van der Waals surface area (Å²) in [5, 5.41) is 3.12. The third kappa shape index (κ3) is 7.52. The summed E-state index contributed by atoms with van der Waals surface area (Å²) >= 11 is 0. The van der Waals surface area contributed by atoms with Gasteiger partial charge in [0.25, 0.3) is 10.0 Å². The van der Waals surface area contributed by atoms with Crippen LogP contribution in [0.2, 0.25) is 0 Å². The van der Waals surface area contributed by atoms with Gasteiger partial charge in [0.15, 0.2) is 0 Å². The fourth-order valence-electron chi connectivity index (χ4n) is 5.25. The van der Waals surface area contributed by atoms with Crippen LogP contribution in [0.1, 0.15) is 56.6 Å². The van der Waals surface area contributed by atoms with Crippen molar-refractivity contribution in [3.8, 4) is 0 Å². The predicted octanol–water partition coefficient (Wildman–Crippen LogP) is 5.59. The van der Waals surface area contributed by atoms with Crippen molar-refractivity contribution >= 4 is 27.5 Å². The fraction of sp³-hybridized carbons (Fsp3) is 0.375. The predicted molar refractivity (Wildman–Crippen MR) is 158 cm³/mol. The van der Waals surface area contributed by atoms with Crippen LogP contribution in [0.4, 0.5) is 10.1 Å². The summed E-state index contributed by atoms with van der Waals surface area (Å²) in [4.78, 5) is 29.0. The van der Waals surface area contributed by atoms with Gasteiger partial charge < -0.3 is 10.2 Å². The summed E-state index contributed by atoms with van der Waals surface area (Å²) in [6.45, 7) is 3.09. The molecule has 9 heteroatoms. The number of nitrogens with zero attached hydrogens (tertiary/aromatic N) is 2.